The SMILES string of the molecule is C=C1N(Cc2nc3ccc(Cl)cc3n2NNC(=O)[P+](C)(C)CO)c2cnccc2C12CCNCC2.CC. The third-order valence-electron chi connectivity index (χ3n) is 7.11. The summed E-state index contributed by atoms with van der Waals surface area (Å²) in [5, 5.41) is 13.6. The highest BCUT2D eigenvalue weighted by Gasteiger charge is 2.47. The van der Waals surface area contributed by atoms with Gasteiger partial charge in [-0.2, -0.15) is 0 Å². The van der Waals surface area contributed by atoms with Crippen molar-refractivity contribution in [3.8, 4) is 0 Å². The molecule has 1 saturated heterocycles. The molecule has 4 N–H and O–H groups in total. The fraction of sp³-hybridized carbons (Fsp3) is 0.423. The van der Waals surface area contributed by atoms with Crippen LogP contribution < -0.4 is 21.2 Å². The van der Waals surface area contributed by atoms with Crippen LogP contribution in [0.25, 0.3) is 11.0 Å². The van der Waals surface area contributed by atoms with Crippen molar-refractivity contribution < 1.29 is 9.90 Å². The van der Waals surface area contributed by atoms with Crippen molar-refractivity contribution >= 4 is 41.2 Å². The molecular formula is C26H36ClN7O2P+. The van der Waals surface area contributed by atoms with Gasteiger partial charge in [0.2, 0.25) is 0 Å². The minimum atomic E-state index is -2.18. The second-order valence-corrected chi connectivity index (χ2v) is 14.1. The number of hydrazine groups is 1. The molecular weight excluding hydrogens is 509 g/mol. The van der Waals surface area contributed by atoms with Gasteiger partial charge in [-0.05, 0) is 55.8 Å². The van der Waals surface area contributed by atoms with Crippen molar-refractivity contribution in [2.24, 2.45) is 0 Å². The van der Waals surface area contributed by atoms with Gasteiger partial charge in [-0.15, -0.1) is 0 Å². The molecule has 0 radical (unpaired) electrons. The number of allylic oxidation sites excluding steroid dienone is 1. The number of rotatable bonds is 6. The fourth-order valence-electron chi connectivity index (χ4n) is 4.95. The molecule has 0 bridgehead atoms. The van der Waals surface area contributed by atoms with E-state index in [1.807, 2.05) is 38.4 Å². The second kappa shape index (κ2) is 11.0. The number of nitrogens with one attached hydrogen (secondary N) is 3. The number of benzene rings is 1. The number of imidazole rings is 1. The van der Waals surface area contributed by atoms with E-state index in [0.29, 0.717) is 17.4 Å². The highest BCUT2D eigenvalue weighted by atomic mass is 35.5. The quantitative estimate of drug-likeness (QED) is 0.264. The summed E-state index contributed by atoms with van der Waals surface area (Å²) in [6.45, 7) is 14.4. The molecule has 0 atom stereocenters. The average Bonchev–Trinajstić information content (AvgIpc) is 3.37. The largest absolute Gasteiger partial charge is 0.380 e. The van der Waals surface area contributed by atoms with Crippen LogP contribution in [0.1, 0.15) is 38.1 Å². The predicted octanol–water partition coefficient (Wildman–Crippen LogP) is 4.66. The molecule has 9 nitrogen and oxygen atoms in total. The van der Waals surface area contributed by atoms with Gasteiger partial charge in [-0.25, -0.2) is 25.4 Å². The number of carbonyl (C=O) groups excluding carboxylic acids is 1. The topological polar surface area (TPSA) is 107 Å². The molecule has 1 amide bonds. The van der Waals surface area contributed by atoms with Gasteiger partial charge in [-0.1, -0.05) is 32.0 Å². The van der Waals surface area contributed by atoms with E-state index in [1.165, 1.54) is 5.56 Å². The molecule has 5 rings (SSSR count). The Morgan fingerprint density at radius 3 is 2.70 bits per heavy atom. The van der Waals surface area contributed by atoms with Gasteiger partial charge >= 0.3 is 5.65 Å². The van der Waals surface area contributed by atoms with Crippen LogP contribution in [0.2, 0.25) is 5.02 Å². The number of hydrogen-bond donors (Lipinski definition) is 4. The van der Waals surface area contributed by atoms with Crippen molar-refractivity contribution in [3.05, 3.63) is 65.3 Å². The van der Waals surface area contributed by atoms with Gasteiger partial charge in [0.05, 0.1) is 42.8 Å². The molecule has 2 aliphatic rings. The number of nitrogens with zero attached hydrogens (tertiary/aromatic N) is 4. The van der Waals surface area contributed by atoms with Crippen molar-refractivity contribution in [2.75, 3.05) is 43.2 Å². The van der Waals surface area contributed by atoms with E-state index in [-0.39, 0.29) is 17.4 Å². The van der Waals surface area contributed by atoms with Crippen LogP contribution in [0.15, 0.2) is 48.9 Å². The number of hydrogen-bond acceptors (Lipinski definition) is 7. The Morgan fingerprint density at radius 2 is 2.00 bits per heavy atom. The summed E-state index contributed by atoms with van der Waals surface area (Å²) in [7, 11) is -2.18. The van der Waals surface area contributed by atoms with Crippen molar-refractivity contribution in [3.63, 3.8) is 0 Å². The van der Waals surface area contributed by atoms with Gasteiger partial charge in [0.25, 0.3) is 0 Å². The van der Waals surface area contributed by atoms with Gasteiger partial charge in [0, 0.05) is 22.3 Å². The normalized spacial score (nSPS) is 16.4. The number of amides is 1. The number of halogens is 1. The second-order valence-electron chi connectivity index (χ2n) is 9.62. The van der Waals surface area contributed by atoms with Crippen LogP contribution in [-0.2, 0) is 12.0 Å². The molecule has 1 fully saturated rings. The lowest BCUT2D eigenvalue weighted by atomic mass is 9.73. The van der Waals surface area contributed by atoms with Gasteiger partial charge < -0.3 is 15.3 Å². The minimum Gasteiger partial charge on any atom is -0.361 e. The smallest absolute Gasteiger partial charge is 0.361 e. The Bertz CT molecular complexity index is 1300. The summed E-state index contributed by atoms with van der Waals surface area (Å²) in [6, 6.07) is 7.56. The molecule has 4 heterocycles. The van der Waals surface area contributed by atoms with E-state index in [1.54, 1.807) is 24.1 Å². The molecule has 1 aromatic carbocycles. The van der Waals surface area contributed by atoms with Crippen LogP contribution in [0.4, 0.5) is 10.5 Å². The summed E-state index contributed by atoms with van der Waals surface area (Å²) in [5.41, 5.74) is 10.2. The standard InChI is InChI=1S/C24H29ClN7O2P.C2H6/c1-16-24(7-10-26-11-8-24)18-6-9-27-13-21(18)31(16)14-22-28-19-5-4-17(25)12-20(19)32(22)30-29-23(34)35(2,3)15-33;1-2/h4-6,9,12-13,26,30,33H,1,7-8,10-11,14-15H2,2-3H3;1-2H3/p+1. The summed E-state index contributed by atoms with van der Waals surface area (Å²) in [4.78, 5) is 24.1. The van der Waals surface area contributed by atoms with E-state index >= 15 is 0 Å². The van der Waals surface area contributed by atoms with Crippen molar-refractivity contribution in [2.45, 2.75) is 38.6 Å². The molecule has 0 saturated carbocycles. The van der Waals surface area contributed by atoms with E-state index in [9.17, 15) is 9.90 Å². The fourth-order valence-corrected chi connectivity index (χ4v) is 5.59. The van der Waals surface area contributed by atoms with E-state index in [0.717, 1.165) is 48.3 Å². The number of piperidine rings is 1. The average molecular weight is 545 g/mol. The molecule has 3 aromatic rings. The Morgan fingerprint density at radius 1 is 1.27 bits per heavy atom. The minimum absolute atomic E-state index is 0.124. The molecule has 37 heavy (non-hydrogen) atoms. The Labute approximate surface area is 223 Å². The summed E-state index contributed by atoms with van der Waals surface area (Å²) in [6.07, 6.45) is 5.52. The first-order valence-electron chi connectivity index (χ1n) is 12.6. The number of aliphatic hydroxyl groups is 1. The molecule has 11 heteroatoms. The number of aromatic nitrogens is 3. The van der Waals surface area contributed by atoms with Crippen molar-refractivity contribution in [1.82, 2.24) is 25.4 Å². The lowest BCUT2D eigenvalue weighted by Crippen LogP contribution is -2.41. The van der Waals surface area contributed by atoms with E-state index in [2.05, 4.69) is 38.8 Å². The predicted molar refractivity (Wildman–Crippen MR) is 153 cm³/mol. The van der Waals surface area contributed by atoms with Crippen molar-refractivity contribution in [1.29, 1.82) is 0 Å². The van der Waals surface area contributed by atoms with Crippen LogP contribution in [0, 0.1) is 0 Å². The lowest BCUT2D eigenvalue weighted by molar-refractivity contribution is 0.259. The zero-order chi connectivity index (χ0) is 26.8. The molecule has 2 aliphatic heterocycles. The number of anilines is 1. The van der Waals surface area contributed by atoms with Crippen LogP contribution in [-0.4, -0.2) is 58.2 Å². The number of aliphatic hydroxyl groups excluding tert-OH is 1. The lowest BCUT2D eigenvalue weighted by Gasteiger charge is -2.36. The third kappa shape index (κ3) is 4.93. The van der Waals surface area contributed by atoms with Crippen LogP contribution >= 0.6 is 18.9 Å². The molecule has 2 aromatic heterocycles. The van der Waals surface area contributed by atoms with Gasteiger partial charge in [0.15, 0.2) is 6.35 Å². The Kier molecular flexibility index (Phi) is 8.09. The maximum Gasteiger partial charge on any atom is 0.380 e. The summed E-state index contributed by atoms with van der Waals surface area (Å²) < 4.78 is 1.74. The molecule has 1 spiro atoms. The number of pyridine rings is 1. The maximum absolute atomic E-state index is 12.7. The number of fused-ring (bicyclic) bond motifs is 3. The number of carbonyl (C=O) groups is 1. The maximum atomic E-state index is 12.7. The molecule has 0 unspecified atom stereocenters. The van der Waals surface area contributed by atoms with Crippen LogP contribution in [0.3, 0.4) is 0 Å². The highest BCUT2D eigenvalue weighted by molar-refractivity contribution is 7.89. The molecule has 0 aliphatic carbocycles. The Hall–Kier alpha value is -2.71. The first-order chi connectivity index (χ1) is 17.8. The molecule has 198 valence electrons. The van der Waals surface area contributed by atoms with Gasteiger partial charge in [-0.3, -0.25) is 4.98 Å². The zero-order valence-corrected chi connectivity index (χ0v) is 23.5. The Balaban J connectivity index is 0.00000156. The van der Waals surface area contributed by atoms with Crippen LogP contribution in [0.5, 0.6) is 0 Å². The van der Waals surface area contributed by atoms with Gasteiger partial charge in [0.1, 0.15) is 13.1 Å². The summed E-state index contributed by atoms with van der Waals surface area (Å²) in [5.74, 6) is 0.685. The van der Waals surface area contributed by atoms with E-state index in [4.69, 9.17) is 16.6 Å². The first-order valence-corrected chi connectivity index (χ1v) is 15.8. The summed E-state index contributed by atoms with van der Waals surface area (Å²) >= 11 is 6.29. The third-order valence-corrected chi connectivity index (χ3v) is 9.26. The highest BCUT2D eigenvalue weighted by Crippen LogP contribution is 2.52. The van der Waals surface area contributed by atoms with E-state index < -0.39 is 7.26 Å². The monoisotopic (exact) mass is 544 g/mol. The zero-order valence-electron chi connectivity index (χ0n) is 21.9. The first kappa shape index (κ1) is 27.3.